The van der Waals surface area contributed by atoms with Crippen molar-refractivity contribution in [2.45, 2.75) is 19.8 Å². The molecule has 5 nitrogen and oxygen atoms in total. The maximum Gasteiger partial charge on any atom is 0.286 e. The summed E-state index contributed by atoms with van der Waals surface area (Å²) in [4.78, 5) is 21.0. The zero-order chi connectivity index (χ0) is 17.6. The average molecular weight is 361 g/mol. The van der Waals surface area contributed by atoms with Crippen LogP contribution in [0.5, 0.6) is 5.75 Å². The highest BCUT2D eigenvalue weighted by atomic mass is 32.2. The average Bonchev–Trinajstić information content (AvgIpc) is 2.98. The van der Waals surface area contributed by atoms with E-state index in [0.29, 0.717) is 11.5 Å². The molecule has 0 spiro atoms. The van der Waals surface area contributed by atoms with Crippen molar-refractivity contribution in [3.63, 3.8) is 0 Å². The number of rotatable bonds is 5. The van der Waals surface area contributed by atoms with Crippen LogP contribution in [-0.2, 0) is 4.79 Å². The van der Waals surface area contributed by atoms with Crippen molar-refractivity contribution in [2.24, 2.45) is 4.99 Å². The number of thioether (sulfide) groups is 1. The molecule has 25 heavy (non-hydrogen) atoms. The lowest BCUT2D eigenvalue weighted by atomic mass is 10.2. The maximum absolute atomic E-state index is 12.3. The molecule has 0 unspecified atom stereocenters. The van der Waals surface area contributed by atoms with E-state index < -0.39 is 0 Å². The summed E-state index contributed by atoms with van der Waals surface area (Å²) in [7, 11) is 2.20. The summed E-state index contributed by atoms with van der Waals surface area (Å²) in [6.07, 6.45) is 4.03. The lowest BCUT2D eigenvalue weighted by molar-refractivity contribution is -0.883. The van der Waals surface area contributed by atoms with E-state index in [1.165, 1.54) is 16.7 Å². The first-order chi connectivity index (χ1) is 12.2. The Balaban J connectivity index is 1.70. The number of nitrogens with one attached hydrogen (secondary N) is 1. The second-order valence-electron chi connectivity index (χ2n) is 6.49. The summed E-state index contributed by atoms with van der Waals surface area (Å²) in [6, 6.07) is 7.87. The van der Waals surface area contributed by atoms with Crippen molar-refractivity contribution in [3.05, 3.63) is 34.7 Å². The Hall–Kier alpha value is -1.79. The van der Waals surface area contributed by atoms with Crippen LogP contribution in [0.3, 0.4) is 0 Å². The van der Waals surface area contributed by atoms with E-state index in [2.05, 4.69) is 23.9 Å². The minimum Gasteiger partial charge on any atom is -0.493 e. The summed E-state index contributed by atoms with van der Waals surface area (Å²) in [5, 5.41) is 0.841. The van der Waals surface area contributed by atoms with Crippen LogP contribution in [0.4, 0.5) is 0 Å². The number of carbonyl (C=O) groups excluding carboxylic acids is 1. The first-order valence-electron chi connectivity index (χ1n) is 8.98. The topological polar surface area (TPSA) is 46.3 Å². The van der Waals surface area contributed by atoms with Crippen LogP contribution in [0.15, 0.2) is 34.2 Å². The summed E-state index contributed by atoms with van der Waals surface area (Å²) in [5.41, 5.74) is 0.939. The second-order valence-corrected chi connectivity index (χ2v) is 7.50. The number of hydrogen-bond donors (Lipinski definition) is 1. The zero-order valence-electron chi connectivity index (χ0n) is 15.0. The Morgan fingerprint density at radius 2 is 2.08 bits per heavy atom. The fourth-order valence-electron chi connectivity index (χ4n) is 2.81. The molecular formula is C19H26N3O2S+. The Labute approximate surface area is 153 Å². The normalized spacial score (nSPS) is 20.2. The lowest BCUT2D eigenvalue weighted by Gasteiger charge is -2.30. The number of ether oxygens (including phenoxy) is 1. The van der Waals surface area contributed by atoms with Crippen molar-refractivity contribution in [2.75, 3.05) is 39.8 Å². The van der Waals surface area contributed by atoms with Crippen molar-refractivity contribution >= 4 is 28.9 Å². The quantitative estimate of drug-likeness (QED) is 0.641. The number of nitrogens with zero attached hydrogens (tertiary/aromatic N) is 2. The Morgan fingerprint density at radius 1 is 1.32 bits per heavy atom. The lowest BCUT2D eigenvalue weighted by Crippen LogP contribution is -3.12. The Kier molecular flexibility index (Phi) is 6.15. The molecule has 2 aliphatic rings. The monoisotopic (exact) mass is 360 g/mol. The van der Waals surface area contributed by atoms with Gasteiger partial charge in [-0.25, -0.2) is 0 Å². The molecule has 0 bridgehead atoms. The van der Waals surface area contributed by atoms with E-state index in [-0.39, 0.29) is 5.91 Å². The zero-order valence-corrected chi connectivity index (χ0v) is 15.8. The van der Waals surface area contributed by atoms with Gasteiger partial charge in [0.05, 0.1) is 44.7 Å². The number of piperazine rings is 1. The number of para-hydroxylation sites is 1. The summed E-state index contributed by atoms with van der Waals surface area (Å²) in [5.74, 6) is 0.683. The van der Waals surface area contributed by atoms with E-state index in [4.69, 9.17) is 4.74 Å². The third-order valence-electron chi connectivity index (χ3n) is 4.46. The number of benzene rings is 1. The standard InChI is InChI=1S/C19H25N3O2S/c1-3-4-13-24-16-8-6-5-7-15(16)14-17-18(23)20-19(25-17)22-11-9-21(2)10-12-22/h5-8,14H,3-4,9-13H2,1-2H3/p+1/b17-14+. The van der Waals surface area contributed by atoms with Crippen LogP contribution in [0.2, 0.25) is 0 Å². The van der Waals surface area contributed by atoms with Crippen molar-refractivity contribution < 1.29 is 14.4 Å². The van der Waals surface area contributed by atoms with E-state index in [1.807, 2.05) is 30.3 Å². The first kappa shape index (κ1) is 18.0. The van der Waals surface area contributed by atoms with Gasteiger partial charge in [-0.15, -0.1) is 0 Å². The molecule has 0 aromatic heterocycles. The predicted octanol–water partition coefficient (Wildman–Crippen LogP) is 1.67. The molecule has 3 rings (SSSR count). The van der Waals surface area contributed by atoms with Gasteiger partial charge < -0.3 is 14.5 Å². The van der Waals surface area contributed by atoms with Gasteiger partial charge in [0.1, 0.15) is 5.75 Å². The van der Waals surface area contributed by atoms with Gasteiger partial charge in [0, 0.05) is 5.56 Å². The molecule has 0 radical (unpaired) electrons. The van der Waals surface area contributed by atoms with Crippen LogP contribution < -0.4 is 9.64 Å². The number of hydrogen-bond acceptors (Lipinski definition) is 4. The van der Waals surface area contributed by atoms with Crippen LogP contribution in [0, 0.1) is 0 Å². The van der Waals surface area contributed by atoms with Gasteiger partial charge in [0.25, 0.3) is 5.91 Å². The molecular weight excluding hydrogens is 334 g/mol. The van der Waals surface area contributed by atoms with Crippen molar-refractivity contribution in [1.82, 2.24) is 4.90 Å². The number of unbranched alkanes of at least 4 members (excludes halogenated alkanes) is 1. The Morgan fingerprint density at radius 3 is 2.84 bits per heavy atom. The van der Waals surface area contributed by atoms with Gasteiger partial charge in [-0.3, -0.25) is 4.79 Å². The van der Waals surface area contributed by atoms with Gasteiger partial charge in [-0.2, -0.15) is 4.99 Å². The molecule has 2 aliphatic heterocycles. The van der Waals surface area contributed by atoms with E-state index >= 15 is 0 Å². The third-order valence-corrected chi connectivity index (χ3v) is 5.50. The van der Waals surface area contributed by atoms with Crippen LogP contribution in [0.1, 0.15) is 25.3 Å². The molecule has 2 heterocycles. The van der Waals surface area contributed by atoms with Crippen molar-refractivity contribution in [3.8, 4) is 5.75 Å². The third kappa shape index (κ3) is 4.64. The fraction of sp³-hybridized carbons (Fsp3) is 0.474. The number of amides is 1. The SMILES string of the molecule is CCCCOc1ccccc1/C=C1/SC(N2CC[NH+](C)CC2)=NC1=O. The second kappa shape index (κ2) is 8.54. The van der Waals surface area contributed by atoms with E-state index in [9.17, 15) is 4.79 Å². The van der Waals surface area contributed by atoms with Crippen LogP contribution in [-0.4, -0.2) is 55.8 Å². The van der Waals surface area contributed by atoms with Crippen LogP contribution >= 0.6 is 11.8 Å². The molecule has 0 atom stereocenters. The van der Waals surface area contributed by atoms with E-state index in [0.717, 1.165) is 55.5 Å². The summed E-state index contributed by atoms with van der Waals surface area (Å²) < 4.78 is 5.86. The largest absolute Gasteiger partial charge is 0.493 e. The molecule has 134 valence electrons. The molecule has 1 aromatic rings. The molecule has 1 fully saturated rings. The van der Waals surface area contributed by atoms with Gasteiger partial charge in [0.15, 0.2) is 5.17 Å². The molecule has 1 N–H and O–H groups in total. The molecule has 0 saturated carbocycles. The highest BCUT2D eigenvalue weighted by Crippen LogP contribution is 2.32. The van der Waals surface area contributed by atoms with Gasteiger partial charge >= 0.3 is 0 Å². The maximum atomic E-state index is 12.3. The molecule has 0 aliphatic carbocycles. The first-order valence-corrected chi connectivity index (χ1v) is 9.79. The number of quaternary nitrogens is 1. The number of likely N-dealkylation sites (N-methyl/N-ethyl adjacent to an activating group) is 1. The van der Waals surface area contributed by atoms with Gasteiger partial charge in [-0.05, 0) is 30.3 Å². The number of carbonyl (C=O) groups is 1. The fourth-order valence-corrected chi connectivity index (χ4v) is 3.77. The predicted molar refractivity (Wildman–Crippen MR) is 103 cm³/mol. The smallest absolute Gasteiger partial charge is 0.286 e. The number of amidine groups is 1. The Bertz CT molecular complexity index is 679. The van der Waals surface area contributed by atoms with Crippen LogP contribution in [0.25, 0.3) is 6.08 Å². The highest BCUT2D eigenvalue weighted by Gasteiger charge is 2.29. The van der Waals surface area contributed by atoms with Gasteiger partial charge in [-0.1, -0.05) is 31.5 Å². The van der Waals surface area contributed by atoms with Gasteiger partial charge in [0.2, 0.25) is 0 Å². The molecule has 1 amide bonds. The van der Waals surface area contributed by atoms with Crippen molar-refractivity contribution in [1.29, 1.82) is 0 Å². The molecule has 1 saturated heterocycles. The summed E-state index contributed by atoms with van der Waals surface area (Å²) in [6.45, 7) is 6.92. The minimum absolute atomic E-state index is 0.144. The highest BCUT2D eigenvalue weighted by molar-refractivity contribution is 8.18. The molecule has 6 heteroatoms. The molecule has 1 aromatic carbocycles. The number of aliphatic imine (C=N–C) groups is 1. The minimum atomic E-state index is -0.144. The summed E-state index contributed by atoms with van der Waals surface area (Å²) >= 11 is 1.48. The van der Waals surface area contributed by atoms with E-state index in [1.54, 1.807) is 0 Å².